The molecule has 1 aliphatic rings. The Hall–Kier alpha value is 0.270. The lowest BCUT2D eigenvalue weighted by Gasteiger charge is -2.27. The lowest BCUT2D eigenvalue weighted by atomic mass is 9.85. The van der Waals surface area contributed by atoms with Crippen molar-refractivity contribution in [2.45, 2.75) is 38.1 Å². The van der Waals surface area contributed by atoms with E-state index in [1.54, 1.807) is 0 Å². The van der Waals surface area contributed by atoms with Crippen LogP contribution in [0.2, 0.25) is 0 Å². The van der Waals surface area contributed by atoms with Gasteiger partial charge in [-0.15, -0.1) is 0 Å². The van der Waals surface area contributed by atoms with Gasteiger partial charge in [0.2, 0.25) is 0 Å². The van der Waals surface area contributed by atoms with Crippen LogP contribution in [0.5, 0.6) is 0 Å². The van der Waals surface area contributed by atoms with Crippen LogP contribution < -0.4 is 5.73 Å². The van der Waals surface area contributed by atoms with Gasteiger partial charge in [0, 0.05) is 24.1 Å². The summed E-state index contributed by atoms with van der Waals surface area (Å²) in [5.74, 6) is 3.18. The first-order chi connectivity index (χ1) is 7.20. The molecule has 90 valence electrons. The van der Waals surface area contributed by atoms with E-state index >= 15 is 0 Å². The van der Waals surface area contributed by atoms with E-state index in [0.717, 1.165) is 11.7 Å². The average molecular weight is 230 g/mol. The molecule has 0 amide bonds. The summed E-state index contributed by atoms with van der Waals surface area (Å²) in [6, 6.07) is 0.442. The first kappa shape index (κ1) is 13.3. The summed E-state index contributed by atoms with van der Waals surface area (Å²) in [7, 11) is 4.25. The van der Waals surface area contributed by atoms with Gasteiger partial charge in [-0.25, -0.2) is 0 Å². The quantitative estimate of drug-likeness (QED) is 0.709. The molecule has 1 unspecified atom stereocenters. The van der Waals surface area contributed by atoms with Gasteiger partial charge in [-0.3, -0.25) is 0 Å². The fourth-order valence-corrected chi connectivity index (χ4v) is 3.37. The zero-order chi connectivity index (χ0) is 11.1. The number of rotatable bonds is 6. The summed E-state index contributed by atoms with van der Waals surface area (Å²) in [5, 5.41) is 0. The standard InChI is InChI=1S/C12H26N2S/c1-14(2)8-9-15-10-12(13)11-6-4-3-5-7-11/h11-12H,3-10,13H2,1-2H3. The van der Waals surface area contributed by atoms with E-state index < -0.39 is 0 Å². The maximum absolute atomic E-state index is 6.23. The Balaban J connectivity index is 2.04. The van der Waals surface area contributed by atoms with Crippen molar-refractivity contribution in [1.82, 2.24) is 4.90 Å². The predicted octanol–water partition coefficient (Wildman–Crippen LogP) is 2.19. The highest BCUT2D eigenvalue weighted by molar-refractivity contribution is 7.99. The third kappa shape index (κ3) is 5.79. The van der Waals surface area contributed by atoms with Crippen LogP contribution in [0.1, 0.15) is 32.1 Å². The summed E-state index contributed by atoms with van der Waals surface area (Å²) in [6.07, 6.45) is 6.98. The molecule has 1 fully saturated rings. The first-order valence-corrected chi connectivity index (χ1v) is 7.33. The summed E-state index contributed by atoms with van der Waals surface area (Å²) in [4.78, 5) is 2.24. The summed E-state index contributed by atoms with van der Waals surface area (Å²) < 4.78 is 0. The lowest BCUT2D eigenvalue weighted by Crippen LogP contribution is -2.34. The van der Waals surface area contributed by atoms with Gasteiger partial charge in [0.1, 0.15) is 0 Å². The molecule has 1 aliphatic carbocycles. The second-order valence-corrected chi connectivity index (χ2v) is 6.09. The maximum Gasteiger partial charge on any atom is 0.0158 e. The van der Waals surface area contributed by atoms with Gasteiger partial charge in [0.15, 0.2) is 0 Å². The van der Waals surface area contributed by atoms with Crippen molar-refractivity contribution in [3.05, 3.63) is 0 Å². The van der Waals surface area contributed by atoms with Crippen molar-refractivity contribution >= 4 is 11.8 Å². The Morgan fingerprint density at radius 3 is 2.53 bits per heavy atom. The Morgan fingerprint density at radius 2 is 1.93 bits per heavy atom. The van der Waals surface area contributed by atoms with Crippen molar-refractivity contribution < 1.29 is 0 Å². The minimum Gasteiger partial charge on any atom is -0.327 e. The third-order valence-electron chi connectivity index (χ3n) is 3.25. The van der Waals surface area contributed by atoms with Crippen LogP contribution in [0.3, 0.4) is 0 Å². The van der Waals surface area contributed by atoms with E-state index in [9.17, 15) is 0 Å². The Morgan fingerprint density at radius 1 is 1.27 bits per heavy atom. The van der Waals surface area contributed by atoms with Crippen molar-refractivity contribution in [2.24, 2.45) is 11.7 Å². The van der Waals surface area contributed by atoms with E-state index in [-0.39, 0.29) is 0 Å². The zero-order valence-corrected chi connectivity index (χ0v) is 11.1. The molecule has 0 saturated heterocycles. The first-order valence-electron chi connectivity index (χ1n) is 6.18. The molecule has 0 aromatic carbocycles. The molecule has 15 heavy (non-hydrogen) atoms. The molecule has 1 atom stereocenters. The largest absolute Gasteiger partial charge is 0.327 e. The second kappa shape index (κ2) is 7.53. The highest BCUT2D eigenvalue weighted by Gasteiger charge is 2.19. The van der Waals surface area contributed by atoms with Crippen LogP contribution in [0, 0.1) is 5.92 Å². The van der Waals surface area contributed by atoms with E-state index in [1.165, 1.54) is 44.4 Å². The molecule has 0 aromatic rings. The Labute approximate surface area is 99.0 Å². The molecular weight excluding hydrogens is 204 g/mol. The molecule has 0 aromatic heterocycles. The van der Waals surface area contributed by atoms with Gasteiger partial charge in [-0.1, -0.05) is 19.3 Å². The summed E-state index contributed by atoms with van der Waals surface area (Å²) >= 11 is 2.02. The van der Waals surface area contributed by atoms with E-state index in [4.69, 9.17) is 5.73 Å². The number of nitrogens with two attached hydrogens (primary N) is 1. The van der Waals surface area contributed by atoms with Crippen molar-refractivity contribution in [3.8, 4) is 0 Å². The third-order valence-corrected chi connectivity index (χ3v) is 4.34. The molecule has 0 spiro atoms. The highest BCUT2D eigenvalue weighted by Crippen LogP contribution is 2.26. The average Bonchev–Trinajstić information content (AvgIpc) is 2.25. The van der Waals surface area contributed by atoms with Gasteiger partial charge in [0.05, 0.1) is 0 Å². The molecule has 0 radical (unpaired) electrons. The molecule has 1 saturated carbocycles. The van der Waals surface area contributed by atoms with Crippen molar-refractivity contribution in [3.63, 3.8) is 0 Å². The molecule has 1 rings (SSSR count). The molecule has 0 heterocycles. The number of hydrogen-bond donors (Lipinski definition) is 1. The van der Waals surface area contributed by atoms with Crippen LogP contribution in [0.25, 0.3) is 0 Å². The number of thioether (sulfide) groups is 1. The van der Waals surface area contributed by atoms with Gasteiger partial charge in [-0.05, 0) is 32.9 Å². The Kier molecular flexibility index (Phi) is 6.69. The monoisotopic (exact) mass is 230 g/mol. The van der Waals surface area contributed by atoms with E-state index in [0.29, 0.717) is 6.04 Å². The highest BCUT2D eigenvalue weighted by atomic mass is 32.2. The van der Waals surface area contributed by atoms with Crippen LogP contribution in [-0.2, 0) is 0 Å². The minimum atomic E-state index is 0.442. The van der Waals surface area contributed by atoms with Crippen LogP contribution >= 0.6 is 11.8 Å². The van der Waals surface area contributed by atoms with E-state index in [1.807, 2.05) is 11.8 Å². The SMILES string of the molecule is CN(C)CCSCC(N)C1CCCCC1. The van der Waals surface area contributed by atoms with Gasteiger partial charge in [-0.2, -0.15) is 11.8 Å². The van der Waals surface area contributed by atoms with Crippen LogP contribution in [-0.4, -0.2) is 43.1 Å². The van der Waals surface area contributed by atoms with Crippen LogP contribution in [0.15, 0.2) is 0 Å². The fraction of sp³-hybridized carbons (Fsp3) is 1.00. The van der Waals surface area contributed by atoms with Crippen LogP contribution in [0.4, 0.5) is 0 Å². The van der Waals surface area contributed by atoms with Crippen molar-refractivity contribution in [2.75, 3.05) is 32.1 Å². The normalized spacial score (nSPS) is 20.8. The fourth-order valence-electron chi connectivity index (χ4n) is 2.16. The topological polar surface area (TPSA) is 29.3 Å². The molecule has 0 aliphatic heterocycles. The molecular formula is C12H26N2S. The number of nitrogens with zero attached hydrogens (tertiary/aromatic N) is 1. The molecule has 2 nitrogen and oxygen atoms in total. The number of hydrogen-bond acceptors (Lipinski definition) is 3. The van der Waals surface area contributed by atoms with E-state index in [2.05, 4.69) is 19.0 Å². The van der Waals surface area contributed by atoms with Gasteiger partial charge >= 0.3 is 0 Å². The zero-order valence-electron chi connectivity index (χ0n) is 10.2. The summed E-state index contributed by atoms with van der Waals surface area (Å²) in [6.45, 7) is 1.17. The minimum absolute atomic E-state index is 0.442. The molecule has 3 heteroatoms. The van der Waals surface area contributed by atoms with Gasteiger partial charge in [0.25, 0.3) is 0 Å². The maximum atomic E-state index is 6.23. The summed E-state index contributed by atoms with van der Waals surface area (Å²) in [5.41, 5.74) is 6.23. The van der Waals surface area contributed by atoms with Crippen molar-refractivity contribution in [1.29, 1.82) is 0 Å². The lowest BCUT2D eigenvalue weighted by molar-refractivity contribution is 0.319. The second-order valence-electron chi connectivity index (χ2n) is 4.94. The molecule has 2 N–H and O–H groups in total. The van der Waals surface area contributed by atoms with Gasteiger partial charge < -0.3 is 10.6 Å². The smallest absolute Gasteiger partial charge is 0.0158 e. The predicted molar refractivity (Wildman–Crippen MR) is 70.4 cm³/mol. The molecule has 0 bridgehead atoms. The Bertz CT molecular complexity index is 156.